The van der Waals surface area contributed by atoms with Gasteiger partial charge >= 0.3 is 0 Å². The third-order valence-corrected chi connectivity index (χ3v) is 5.44. The van der Waals surface area contributed by atoms with Gasteiger partial charge in [0.2, 0.25) is 5.95 Å². The Labute approximate surface area is 142 Å². The van der Waals surface area contributed by atoms with Crippen molar-refractivity contribution in [2.45, 2.75) is 37.8 Å². The predicted octanol–water partition coefficient (Wildman–Crippen LogP) is 1.21. The number of nitrogens with zero attached hydrogens (tertiary/aromatic N) is 5. The lowest BCUT2D eigenvalue weighted by Gasteiger charge is -2.44. The highest BCUT2D eigenvalue weighted by atomic mass is 15.3. The third-order valence-electron chi connectivity index (χ3n) is 5.44. The van der Waals surface area contributed by atoms with Crippen LogP contribution in [0.3, 0.4) is 0 Å². The van der Waals surface area contributed by atoms with E-state index in [1.54, 1.807) is 10.9 Å². The first-order valence-electron chi connectivity index (χ1n) is 8.72. The van der Waals surface area contributed by atoms with Crippen molar-refractivity contribution in [3.05, 3.63) is 30.2 Å². The number of piperidine rings is 1. The van der Waals surface area contributed by atoms with E-state index in [2.05, 4.69) is 37.6 Å². The van der Waals surface area contributed by atoms with Crippen molar-refractivity contribution in [1.29, 1.82) is 0 Å². The van der Waals surface area contributed by atoms with Crippen molar-refractivity contribution in [3.8, 4) is 5.82 Å². The highest BCUT2D eigenvalue weighted by Gasteiger charge is 2.47. The molecule has 0 radical (unpaired) electrons. The first-order valence-corrected chi connectivity index (χ1v) is 8.72. The maximum atomic E-state index is 4.68. The molecule has 4 heterocycles. The molecule has 0 amide bonds. The Balaban J connectivity index is 1.61. The summed E-state index contributed by atoms with van der Waals surface area (Å²) in [4.78, 5) is 11.8. The number of nitrogens with one attached hydrogen (secondary N) is 2. The highest BCUT2D eigenvalue weighted by Crippen LogP contribution is 2.35. The maximum absolute atomic E-state index is 4.68. The van der Waals surface area contributed by atoms with Gasteiger partial charge in [0.25, 0.3) is 0 Å². The zero-order chi connectivity index (χ0) is 16.6. The predicted molar refractivity (Wildman–Crippen MR) is 93.4 cm³/mol. The molecule has 2 atom stereocenters. The second-order valence-electron chi connectivity index (χ2n) is 6.93. The minimum Gasteiger partial charge on any atom is -0.349 e. The van der Waals surface area contributed by atoms with Crippen molar-refractivity contribution in [3.63, 3.8) is 0 Å². The van der Waals surface area contributed by atoms with Gasteiger partial charge < -0.3 is 10.6 Å². The Morgan fingerprint density at radius 2 is 2.29 bits per heavy atom. The number of rotatable bonds is 3. The summed E-state index contributed by atoms with van der Waals surface area (Å²) in [5.74, 6) is 1.50. The second-order valence-corrected chi connectivity index (χ2v) is 6.93. The van der Waals surface area contributed by atoms with E-state index in [0.29, 0.717) is 12.0 Å². The normalized spacial score (nSPS) is 27.7. The van der Waals surface area contributed by atoms with Crippen molar-refractivity contribution in [2.24, 2.45) is 0 Å². The molecule has 2 aliphatic heterocycles. The molecule has 128 valence electrons. The van der Waals surface area contributed by atoms with Crippen LogP contribution in [0, 0.1) is 6.92 Å². The van der Waals surface area contributed by atoms with Crippen molar-refractivity contribution < 1.29 is 0 Å². The van der Waals surface area contributed by atoms with E-state index in [1.807, 2.05) is 25.3 Å². The summed E-state index contributed by atoms with van der Waals surface area (Å²) in [6.45, 7) is 5.25. The summed E-state index contributed by atoms with van der Waals surface area (Å²) in [5.41, 5.74) is 1.11. The molecule has 2 aromatic rings. The summed E-state index contributed by atoms with van der Waals surface area (Å²) in [7, 11) is 2.24. The third kappa shape index (κ3) is 2.67. The standard InChI is InChI=1S/C17H25N7/c1-13-11-15(24-9-4-8-19-24)22-16(20-13)21-14-5-10-23(2)17(14)6-3-7-18-12-17/h4,8-9,11,14,18H,3,5-7,10,12H2,1-2H3,(H,20,21,22). The first kappa shape index (κ1) is 15.5. The minimum absolute atomic E-state index is 0.164. The van der Waals surface area contributed by atoms with Gasteiger partial charge in [-0.15, -0.1) is 0 Å². The quantitative estimate of drug-likeness (QED) is 0.883. The summed E-state index contributed by atoms with van der Waals surface area (Å²) in [5, 5.41) is 11.5. The van der Waals surface area contributed by atoms with E-state index in [9.17, 15) is 0 Å². The number of hydrogen-bond acceptors (Lipinski definition) is 6. The van der Waals surface area contributed by atoms with Crippen LogP contribution in [0.15, 0.2) is 24.5 Å². The van der Waals surface area contributed by atoms with Gasteiger partial charge in [-0.25, -0.2) is 9.67 Å². The molecule has 2 fully saturated rings. The average molecular weight is 327 g/mol. The fraction of sp³-hybridized carbons (Fsp3) is 0.588. The van der Waals surface area contributed by atoms with Crippen molar-refractivity contribution >= 4 is 5.95 Å². The Bertz CT molecular complexity index is 691. The fourth-order valence-electron chi connectivity index (χ4n) is 4.12. The first-order chi connectivity index (χ1) is 11.7. The van der Waals surface area contributed by atoms with Gasteiger partial charge in [-0.1, -0.05) is 0 Å². The second kappa shape index (κ2) is 6.14. The summed E-state index contributed by atoms with van der Waals surface area (Å²) in [6.07, 6.45) is 7.22. The van der Waals surface area contributed by atoms with Crippen LogP contribution in [-0.2, 0) is 0 Å². The maximum Gasteiger partial charge on any atom is 0.225 e. The molecule has 0 saturated carbocycles. The van der Waals surface area contributed by atoms with Gasteiger partial charge in [0.1, 0.15) is 0 Å². The molecule has 24 heavy (non-hydrogen) atoms. The Morgan fingerprint density at radius 3 is 3.04 bits per heavy atom. The molecule has 2 aromatic heterocycles. The topological polar surface area (TPSA) is 70.9 Å². The highest BCUT2D eigenvalue weighted by molar-refractivity contribution is 5.37. The lowest BCUT2D eigenvalue weighted by molar-refractivity contribution is 0.125. The molecule has 2 saturated heterocycles. The number of anilines is 1. The van der Waals surface area contributed by atoms with Crippen LogP contribution in [0.5, 0.6) is 0 Å². The van der Waals surface area contributed by atoms with Gasteiger partial charge in [-0.2, -0.15) is 10.1 Å². The number of aromatic nitrogens is 4. The zero-order valence-electron chi connectivity index (χ0n) is 14.4. The van der Waals surface area contributed by atoms with Gasteiger partial charge in [-0.3, -0.25) is 4.90 Å². The summed E-state index contributed by atoms with van der Waals surface area (Å²) >= 11 is 0. The SMILES string of the molecule is Cc1cc(-n2cccn2)nc(NC2CCN(C)C23CCCNC3)n1. The Morgan fingerprint density at radius 1 is 1.38 bits per heavy atom. The van der Waals surface area contributed by atoms with Crippen LogP contribution in [0.2, 0.25) is 0 Å². The lowest BCUT2D eigenvalue weighted by Crippen LogP contribution is -2.60. The largest absolute Gasteiger partial charge is 0.349 e. The van der Waals surface area contributed by atoms with E-state index in [4.69, 9.17) is 0 Å². The van der Waals surface area contributed by atoms with Gasteiger partial charge in [-0.05, 0) is 45.8 Å². The molecule has 7 heteroatoms. The number of likely N-dealkylation sites (tertiary alicyclic amines) is 1. The van der Waals surface area contributed by atoms with E-state index in [1.165, 1.54) is 12.8 Å². The molecule has 0 aliphatic carbocycles. The van der Waals surface area contributed by atoms with Crippen LogP contribution in [0.4, 0.5) is 5.95 Å². The average Bonchev–Trinajstić information content (AvgIpc) is 3.21. The van der Waals surface area contributed by atoms with Crippen LogP contribution < -0.4 is 10.6 Å². The van der Waals surface area contributed by atoms with Gasteiger partial charge in [0.15, 0.2) is 5.82 Å². The van der Waals surface area contributed by atoms with Gasteiger partial charge in [0, 0.05) is 43.3 Å². The van der Waals surface area contributed by atoms with Crippen molar-refractivity contribution in [1.82, 2.24) is 30.0 Å². The van der Waals surface area contributed by atoms with E-state index >= 15 is 0 Å². The molecule has 0 aromatic carbocycles. The molecule has 0 bridgehead atoms. The fourth-order valence-corrected chi connectivity index (χ4v) is 4.12. The molecular weight excluding hydrogens is 302 g/mol. The molecule has 2 unspecified atom stereocenters. The molecule has 2 aliphatic rings. The molecular formula is C17H25N7. The van der Waals surface area contributed by atoms with E-state index in [-0.39, 0.29) is 5.54 Å². The zero-order valence-corrected chi connectivity index (χ0v) is 14.4. The van der Waals surface area contributed by atoms with Crippen molar-refractivity contribution in [2.75, 3.05) is 32.0 Å². The van der Waals surface area contributed by atoms with Crippen LogP contribution in [0.1, 0.15) is 25.0 Å². The Kier molecular flexibility index (Phi) is 3.97. The molecule has 1 spiro atoms. The van der Waals surface area contributed by atoms with Crippen LogP contribution in [-0.4, -0.2) is 62.9 Å². The van der Waals surface area contributed by atoms with Gasteiger partial charge in [0.05, 0.1) is 5.54 Å². The molecule has 4 rings (SSSR count). The Hall–Kier alpha value is -1.99. The van der Waals surface area contributed by atoms with Crippen LogP contribution >= 0.6 is 0 Å². The molecule has 2 N–H and O–H groups in total. The monoisotopic (exact) mass is 327 g/mol. The molecule has 7 nitrogen and oxygen atoms in total. The number of hydrogen-bond donors (Lipinski definition) is 2. The number of aryl methyl sites for hydroxylation is 1. The van der Waals surface area contributed by atoms with E-state index in [0.717, 1.165) is 37.6 Å². The number of likely N-dealkylation sites (N-methyl/N-ethyl adjacent to an activating group) is 1. The summed E-state index contributed by atoms with van der Waals surface area (Å²) in [6, 6.07) is 4.22. The minimum atomic E-state index is 0.164. The summed E-state index contributed by atoms with van der Waals surface area (Å²) < 4.78 is 1.78. The van der Waals surface area contributed by atoms with E-state index < -0.39 is 0 Å². The lowest BCUT2D eigenvalue weighted by atomic mass is 9.83. The van der Waals surface area contributed by atoms with Crippen LogP contribution in [0.25, 0.3) is 5.82 Å². The smallest absolute Gasteiger partial charge is 0.225 e.